The van der Waals surface area contributed by atoms with Crippen LogP contribution in [0.2, 0.25) is 0 Å². The number of hydrogen-bond donors (Lipinski definition) is 0. The summed E-state index contributed by atoms with van der Waals surface area (Å²) in [6, 6.07) is 11.5. The molecular weight excluding hydrogens is 252 g/mol. The van der Waals surface area contributed by atoms with Crippen molar-refractivity contribution in [2.24, 2.45) is 7.05 Å². The average Bonchev–Trinajstić information content (AvgIpc) is 2.80. The quantitative estimate of drug-likeness (QED) is 0.778. The highest BCUT2D eigenvalue weighted by molar-refractivity contribution is 5.80. The maximum atomic E-state index is 11.9. The van der Waals surface area contributed by atoms with Crippen LogP contribution in [0.4, 0.5) is 0 Å². The zero-order valence-corrected chi connectivity index (χ0v) is 12.0. The summed E-state index contributed by atoms with van der Waals surface area (Å²) in [6.45, 7) is 2.48. The van der Waals surface area contributed by atoms with E-state index in [9.17, 15) is 4.79 Å². The monoisotopic (exact) mass is 272 g/mol. The minimum Gasteiger partial charge on any atom is -0.493 e. The van der Waals surface area contributed by atoms with Crippen molar-refractivity contribution >= 4 is 5.78 Å². The summed E-state index contributed by atoms with van der Waals surface area (Å²) in [7, 11) is 1.88. The number of hydrogen-bond acceptors (Lipinski definition) is 3. The van der Waals surface area contributed by atoms with E-state index in [2.05, 4.69) is 12.0 Å². The van der Waals surface area contributed by atoms with Crippen LogP contribution in [0.1, 0.15) is 24.7 Å². The second kappa shape index (κ2) is 6.89. The summed E-state index contributed by atoms with van der Waals surface area (Å²) in [4.78, 5) is 11.9. The minimum atomic E-state index is 0.173. The van der Waals surface area contributed by atoms with Gasteiger partial charge in [-0.1, -0.05) is 25.1 Å². The zero-order valence-electron chi connectivity index (χ0n) is 12.0. The SMILES string of the molecule is CCc1cc(CC(=O)CCOc2ccccc2)n(C)n1. The van der Waals surface area contributed by atoms with Crippen LogP contribution in [0.3, 0.4) is 0 Å². The fourth-order valence-electron chi connectivity index (χ4n) is 2.00. The molecule has 2 rings (SSSR count). The van der Waals surface area contributed by atoms with Crippen LogP contribution in [0.5, 0.6) is 5.75 Å². The predicted octanol–water partition coefficient (Wildman–Crippen LogP) is 2.56. The number of aromatic nitrogens is 2. The number of benzene rings is 1. The number of aryl methyl sites for hydroxylation is 2. The van der Waals surface area contributed by atoms with Gasteiger partial charge in [-0.05, 0) is 24.6 Å². The van der Waals surface area contributed by atoms with Crippen LogP contribution in [-0.4, -0.2) is 22.2 Å². The molecule has 0 saturated carbocycles. The first-order valence-corrected chi connectivity index (χ1v) is 6.90. The van der Waals surface area contributed by atoms with Crippen LogP contribution in [0, 0.1) is 0 Å². The highest BCUT2D eigenvalue weighted by Gasteiger charge is 2.09. The van der Waals surface area contributed by atoms with Gasteiger partial charge in [-0.2, -0.15) is 5.10 Å². The Morgan fingerprint density at radius 2 is 2.05 bits per heavy atom. The van der Waals surface area contributed by atoms with Crippen molar-refractivity contribution in [3.8, 4) is 5.75 Å². The van der Waals surface area contributed by atoms with Crippen molar-refractivity contribution in [3.05, 3.63) is 47.8 Å². The topological polar surface area (TPSA) is 44.1 Å². The summed E-state index contributed by atoms with van der Waals surface area (Å²) < 4.78 is 7.31. The van der Waals surface area contributed by atoms with Crippen LogP contribution in [0.15, 0.2) is 36.4 Å². The second-order valence-corrected chi connectivity index (χ2v) is 4.73. The summed E-state index contributed by atoms with van der Waals surface area (Å²) in [5.74, 6) is 0.973. The molecule has 106 valence electrons. The van der Waals surface area contributed by atoms with E-state index in [1.54, 1.807) is 4.68 Å². The highest BCUT2D eigenvalue weighted by Crippen LogP contribution is 2.10. The third-order valence-corrected chi connectivity index (χ3v) is 3.16. The summed E-state index contributed by atoms with van der Waals surface area (Å²) in [6.07, 6.45) is 1.72. The van der Waals surface area contributed by atoms with Gasteiger partial charge in [0.2, 0.25) is 0 Å². The maximum Gasteiger partial charge on any atom is 0.142 e. The largest absolute Gasteiger partial charge is 0.493 e. The molecule has 1 heterocycles. The number of para-hydroxylation sites is 1. The van der Waals surface area contributed by atoms with E-state index in [0.717, 1.165) is 23.6 Å². The Bertz CT molecular complexity index is 561. The number of carbonyl (C=O) groups excluding carboxylic acids is 1. The Morgan fingerprint density at radius 3 is 2.70 bits per heavy atom. The number of Topliss-reactive ketones (excluding diaryl/α,β-unsaturated/α-hetero) is 1. The molecular formula is C16H20N2O2. The van der Waals surface area contributed by atoms with Crippen molar-refractivity contribution in [2.75, 3.05) is 6.61 Å². The van der Waals surface area contributed by atoms with Gasteiger partial charge in [-0.3, -0.25) is 9.48 Å². The molecule has 0 fully saturated rings. The Balaban J connectivity index is 1.79. The van der Waals surface area contributed by atoms with E-state index in [0.29, 0.717) is 19.4 Å². The van der Waals surface area contributed by atoms with Crippen molar-refractivity contribution in [1.82, 2.24) is 9.78 Å². The maximum absolute atomic E-state index is 11.9. The molecule has 2 aromatic rings. The van der Waals surface area contributed by atoms with E-state index >= 15 is 0 Å². The lowest BCUT2D eigenvalue weighted by Gasteiger charge is -2.05. The molecule has 4 heteroatoms. The molecule has 0 amide bonds. The van der Waals surface area contributed by atoms with Crippen LogP contribution < -0.4 is 4.74 Å². The molecule has 20 heavy (non-hydrogen) atoms. The Kier molecular flexibility index (Phi) is 4.93. The first-order chi connectivity index (χ1) is 9.69. The Morgan fingerprint density at radius 1 is 1.30 bits per heavy atom. The lowest BCUT2D eigenvalue weighted by atomic mass is 10.1. The van der Waals surface area contributed by atoms with Gasteiger partial charge in [0.1, 0.15) is 11.5 Å². The van der Waals surface area contributed by atoms with E-state index in [1.807, 2.05) is 43.4 Å². The number of carbonyl (C=O) groups is 1. The van der Waals surface area contributed by atoms with Gasteiger partial charge in [-0.15, -0.1) is 0 Å². The number of nitrogens with zero attached hydrogens (tertiary/aromatic N) is 2. The molecule has 0 saturated heterocycles. The molecule has 0 bridgehead atoms. The van der Waals surface area contributed by atoms with Crippen LogP contribution in [0.25, 0.3) is 0 Å². The summed E-state index contributed by atoms with van der Waals surface area (Å²) in [5.41, 5.74) is 1.99. The van der Waals surface area contributed by atoms with Gasteiger partial charge in [0.05, 0.1) is 12.3 Å². The third-order valence-electron chi connectivity index (χ3n) is 3.16. The zero-order chi connectivity index (χ0) is 14.4. The number of rotatable bonds is 7. The van der Waals surface area contributed by atoms with Gasteiger partial charge in [0.15, 0.2) is 0 Å². The van der Waals surface area contributed by atoms with E-state index in [-0.39, 0.29) is 5.78 Å². The van der Waals surface area contributed by atoms with E-state index in [1.165, 1.54) is 0 Å². The van der Waals surface area contributed by atoms with Gasteiger partial charge in [0, 0.05) is 25.6 Å². The Hall–Kier alpha value is -2.10. The van der Waals surface area contributed by atoms with E-state index < -0.39 is 0 Å². The fraction of sp³-hybridized carbons (Fsp3) is 0.375. The summed E-state index contributed by atoms with van der Waals surface area (Å²) in [5, 5.41) is 4.34. The molecule has 1 aromatic carbocycles. The molecule has 0 aliphatic rings. The standard InChI is InChI=1S/C16H20N2O2/c1-3-13-11-14(18(2)17-13)12-15(19)9-10-20-16-7-5-4-6-8-16/h4-8,11H,3,9-10,12H2,1-2H3. The predicted molar refractivity (Wildman–Crippen MR) is 77.9 cm³/mol. The van der Waals surface area contributed by atoms with Crippen LogP contribution >= 0.6 is 0 Å². The highest BCUT2D eigenvalue weighted by atomic mass is 16.5. The first-order valence-electron chi connectivity index (χ1n) is 6.90. The Labute approximate surface area is 119 Å². The average molecular weight is 272 g/mol. The molecule has 0 atom stereocenters. The molecule has 4 nitrogen and oxygen atoms in total. The molecule has 1 aromatic heterocycles. The molecule has 0 aliphatic heterocycles. The minimum absolute atomic E-state index is 0.173. The van der Waals surface area contributed by atoms with E-state index in [4.69, 9.17) is 4.74 Å². The number of ketones is 1. The lowest BCUT2D eigenvalue weighted by molar-refractivity contribution is -0.119. The lowest BCUT2D eigenvalue weighted by Crippen LogP contribution is -2.11. The van der Waals surface area contributed by atoms with Gasteiger partial charge >= 0.3 is 0 Å². The van der Waals surface area contributed by atoms with Gasteiger partial charge in [0.25, 0.3) is 0 Å². The van der Waals surface area contributed by atoms with Crippen molar-refractivity contribution in [2.45, 2.75) is 26.2 Å². The van der Waals surface area contributed by atoms with Crippen molar-refractivity contribution in [1.29, 1.82) is 0 Å². The normalized spacial score (nSPS) is 10.5. The molecule has 0 N–H and O–H groups in total. The number of ether oxygens (including phenoxy) is 1. The van der Waals surface area contributed by atoms with Gasteiger partial charge in [-0.25, -0.2) is 0 Å². The van der Waals surface area contributed by atoms with Crippen molar-refractivity contribution < 1.29 is 9.53 Å². The fourth-order valence-corrected chi connectivity index (χ4v) is 2.00. The molecule has 0 radical (unpaired) electrons. The smallest absolute Gasteiger partial charge is 0.142 e. The second-order valence-electron chi connectivity index (χ2n) is 4.73. The first kappa shape index (κ1) is 14.3. The molecule has 0 unspecified atom stereocenters. The molecule has 0 spiro atoms. The van der Waals surface area contributed by atoms with Crippen LogP contribution in [-0.2, 0) is 24.7 Å². The summed E-state index contributed by atoms with van der Waals surface area (Å²) >= 11 is 0. The molecule has 0 aliphatic carbocycles. The third kappa shape index (κ3) is 3.95. The van der Waals surface area contributed by atoms with Gasteiger partial charge < -0.3 is 4.74 Å². The van der Waals surface area contributed by atoms with Crippen molar-refractivity contribution in [3.63, 3.8) is 0 Å².